The summed E-state index contributed by atoms with van der Waals surface area (Å²) in [6, 6.07) is 9.20. The van der Waals surface area contributed by atoms with Gasteiger partial charge in [-0.15, -0.1) is 0 Å². The molecular formula is C19H28N2O4. The third-order valence-corrected chi connectivity index (χ3v) is 4.41. The molecule has 0 spiro atoms. The third kappa shape index (κ3) is 6.14. The molecule has 2 rings (SSSR count). The number of morpholine rings is 1. The van der Waals surface area contributed by atoms with E-state index in [1.165, 1.54) is 7.11 Å². The van der Waals surface area contributed by atoms with E-state index in [4.69, 9.17) is 9.47 Å². The van der Waals surface area contributed by atoms with Crippen LogP contribution in [0.25, 0.3) is 0 Å². The predicted molar refractivity (Wildman–Crippen MR) is 95.4 cm³/mol. The lowest BCUT2D eigenvalue weighted by molar-refractivity contribution is -0.145. The maximum atomic E-state index is 12.8. The van der Waals surface area contributed by atoms with Gasteiger partial charge in [0.15, 0.2) is 0 Å². The Labute approximate surface area is 149 Å². The van der Waals surface area contributed by atoms with Gasteiger partial charge in [0.05, 0.1) is 26.2 Å². The van der Waals surface area contributed by atoms with Crippen molar-refractivity contribution in [3.8, 4) is 0 Å². The summed E-state index contributed by atoms with van der Waals surface area (Å²) in [6.07, 6.45) is 0.868. The van der Waals surface area contributed by atoms with Crippen molar-refractivity contribution >= 4 is 11.9 Å². The molecule has 25 heavy (non-hydrogen) atoms. The summed E-state index contributed by atoms with van der Waals surface area (Å²) in [4.78, 5) is 28.7. The van der Waals surface area contributed by atoms with Crippen LogP contribution in [0.2, 0.25) is 0 Å². The van der Waals surface area contributed by atoms with Crippen molar-refractivity contribution in [2.75, 3.05) is 53.0 Å². The average Bonchev–Trinajstić information content (AvgIpc) is 2.67. The zero-order valence-corrected chi connectivity index (χ0v) is 15.1. The van der Waals surface area contributed by atoms with Crippen LogP contribution in [0.3, 0.4) is 0 Å². The maximum absolute atomic E-state index is 12.8. The van der Waals surface area contributed by atoms with Crippen molar-refractivity contribution in [2.24, 2.45) is 5.92 Å². The third-order valence-electron chi connectivity index (χ3n) is 4.41. The summed E-state index contributed by atoms with van der Waals surface area (Å²) >= 11 is 0. The van der Waals surface area contributed by atoms with E-state index in [2.05, 4.69) is 4.90 Å². The van der Waals surface area contributed by atoms with Gasteiger partial charge < -0.3 is 14.4 Å². The lowest BCUT2D eigenvalue weighted by Gasteiger charge is -2.29. The highest BCUT2D eigenvalue weighted by atomic mass is 16.5. The number of carbonyl (C=O) groups excluding carboxylic acids is 2. The number of esters is 1. The molecule has 1 saturated heterocycles. The summed E-state index contributed by atoms with van der Waals surface area (Å²) in [5, 5.41) is 0. The van der Waals surface area contributed by atoms with E-state index < -0.39 is 0 Å². The van der Waals surface area contributed by atoms with Gasteiger partial charge in [0.2, 0.25) is 0 Å². The van der Waals surface area contributed by atoms with Crippen LogP contribution in [0.15, 0.2) is 30.3 Å². The van der Waals surface area contributed by atoms with Crippen molar-refractivity contribution in [1.82, 2.24) is 9.80 Å². The maximum Gasteiger partial charge on any atom is 0.310 e. The van der Waals surface area contributed by atoms with Crippen LogP contribution >= 0.6 is 0 Å². The molecule has 1 aromatic rings. The van der Waals surface area contributed by atoms with E-state index in [0.29, 0.717) is 18.7 Å². The van der Waals surface area contributed by atoms with Crippen molar-refractivity contribution in [2.45, 2.75) is 13.3 Å². The van der Waals surface area contributed by atoms with Crippen LogP contribution in [0.5, 0.6) is 0 Å². The number of rotatable bonds is 8. The minimum absolute atomic E-state index is 0.0432. The predicted octanol–water partition coefficient (Wildman–Crippen LogP) is 1.66. The van der Waals surface area contributed by atoms with Crippen molar-refractivity contribution in [3.63, 3.8) is 0 Å². The van der Waals surface area contributed by atoms with Gasteiger partial charge >= 0.3 is 5.97 Å². The molecule has 0 N–H and O–H groups in total. The van der Waals surface area contributed by atoms with Crippen LogP contribution in [0.1, 0.15) is 23.7 Å². The van der Waals surface area contributed by atoms with Gasteiger partial charge in [-0.25, -0.2) is 0 Å². The first-order chi connectivity index (χ1) is 12.1. The van der Waals surface area contributed by atoms with E-state index in [0.717, 1.165) is 39.3 Å². The van der Waals surface area contributed by atoms with Gasteiger partial charge in [-0.2, -0.15) is 0 Å². The normalized spacial score (nSPS) is 16.2. The fourth-order valence-electron chi connectivity index (χ4n) is 2.96. The minimum Gasteiger partial charge on any atom is -0.469 e. The van der Waals surface area contributed by atoms with Crippen LogP contribution in [-0.4, -0.2) is 74.7 Å². The largest absolute Gasteiger partial charge is 0.469 e. The molecule has 0 saturated carbocycles. The SMILES string of the molecule is COC(=O)C(C)CN(CCCN1CCOCC1)C(=O)c1ccccc1. The number of benzene rings is 1. The van der Waals surface area contributed by atoms with E-state index in [-0.39, 0.29) is 17.8 Å². The molecule has 0 radical (unpaired) electrons. The minimum atomic E-state index is -0.346. The van der Waals surface area contributed by atoms with E-state index in [9.17, 15) is 9.59 Å². The number of amides is 1. The Balaban J connectivity index is 1.95. The first-order valence-electron chi connectivity index (χ1n) is 8.84. The van der Waals surface area contributed by atoms with Gasteiger partial charge in [0.1, 0.15) is 0 Å². The van der Waals surface area contributed by atoms with Crippen LogP contribution < -0.4 is 0 Å². The zero-order chi connectivity index (χ0) is 18.1. The van der Waals surface area contributed by atoms with E-state index in [1.54, 1.807) is 24.0 Å². The topological polar surface area (TPSA) is 59.1 Å². The second kappa shape index (κ2) is 10.2. The summed E-state index contributed by atoms with van der Waals surface area (Å²) in [7, 11) is 1.38. The molecule has 138 valence electrons. The van der Waals surface area contributed by atoms with Gasteiger partial charge in [0, 0.05) is 38.3 Å². The molecule has 0 aliphatic carbocycles. The average molecular weight is 348 g/mol. The summed E-state index contributed by atoms with van der Waals surface area (Å²) < 4.78 is 10.2. The second-order valence-electron chi connectivity index (χ2n) is 6.35. The van der Waals surface area contributed by atoms with Crippen LogP contribution in [0, 0.1) is 5.92 Å². The Bertz CT molecular complexity index is 544. The Morgan fingerprint density at radius 2 is 1.92 bits per heavy atom. The summed E-state index contributed by atoms with van der Waals surface area (Å²) in [5.41, 5.74) is 0.644. The summed E-state index contributed by atoms with van der Waals surface area (Å²) in [6.45, 7) is 7.11. The molecule has 0 bridgehead atoms. The second-order valence-corrected chi connectivity index (χ2v) is 6.35. The number of carbonyl (C=O) groups is 2. The first kappa shape index (κ1) is 19.4. The number of methoxy groups -OCH3 is 1. The Hall–Kier alpha value is -1.92. The quantitative estimate of drug-likeness (QED) is 0.669. The number of nitrogens with zero attached hydrogens (tertiary/aromatic N) is 2. The van der Waals surface area contributed by atoms with Crippen molar-refractivity contribution < 1.29 is 19.1 Å². The smallest absolute Gasteiger partial charge is 0.310 e. The monoisotopic (exact) mass is 348 g/mol. The molecule has 0 aromatic heterocycles. The highest BCUT2D eigenvalue weighted by Gasteiger charge is 2.22. The molecule has 1 aromatic carbocycles. The van der Waals surface area contributed by atoms with Gasteiger partial charge in [-0.1, -0.05) is 25.1 Å². The fraction of sp³-hybridized carbons (Fsp3) is 0.579. The van der Waals surface area contributed by atoms with Crippen LogP contribution in [-0.2, 0) is 14.3 Å². The molecular weight excluding hydrogens is 320 g/mol. The molecule has 1 amide bonds. The van der Waals surface area contributed by atoms with Crippen molar-refractivity contribution in [3.05, 3.63) is 35.9 Å². The molecule has 6 nitrogen and oxygen atoms in total. The molecule has 1 heterocycles. The lowest BCUT2D eigenvalue weighted by Crippen LogP contribution is -2.41. The standard InChI is InChI=1S/C19H28N2O4/c1-16(19(23)24-2)15-21(18(22)17-7-4-3-5-8-17)10-6-9-20-11-13-25-14-12-20/h3-5,7-8,16H,6,9-15H2,1-2H3. The Morgan fingerprint density at radius 1 is 1.24 bits per heavy atom. The number of hydrogen-bond acceptors (Lipinski definition) is 5. The number of ether oxygens (including phenoxy) is 2. The zero-order valence-electron chi connectivity index (χ0n) is 15.1. The molecule has 1 atom stereocenters. The summed E-state index contributed by atoms with van der Waals surface area (Å²) in [5.74, 6) is -0.682. The molecule has 1 unspecified atom stereocenters. The fourth-order valence-corrected chi connectivity index (χ4v) is 2.96. The Kier molecular flexibility index (Phi) is 7.88. The highest BCUT2D eigenvalue weighted by Crippen LogP contribution is 2.10. The van der Waals surface area contributed by atoms with Crippen LogP contribution in [0.4, 0.5) is 0 Å². The molecule has 1 aliphatic rings. The Morgan fingerprint density at radius 3 is 2.56 bits per heavy atom. The lowest BCUT2D eigenvalue weighted by atomic mass is 10.1. The molecule has 1 fully saturated rings. The van der Waals surface area contributed by atoms with E-state index in [1.807, 2.05) is 18.2 Å². The highest BCUT2D eigenvalue weighted by molar-refractivity contribution is 5.94. The van der Waals surface area contributed by atoms with Gasteiger partial charge in [0.25, 0.3) is 5.91 Å². The molecule has 6 heteroatoms. The molecule has 1 aliphatic heterocycles. The van der Waals surface area contributed by atoms with E-state index >= 15 is 0 Å². The van der Waals surface area contributed by atoms with Crippen molar-refractivity contribution in [1.29, 1.82) is 0 Å². The van der Waals surface area contributed by atoms with Gasteiger partial charge in [-0.3, -0.25) is 14.5 Å². The number of hydrogen-bond donors (Lipinski definition) is 0. The first-order valence-corrected chi connectivity index (χ1v) is 8.84. The van der Waals surface area contributed by atoms with Gasteiger partial charge in [-0.05, 0) is 18.6 Å².